The van der Waals surface area contributed by atoms with Crippen LogP contribution in [0.2, 0.25) is 0 Å². The van der Waals surface area contributed by atoms with Crippen molar-refractivity contribution in [2.75, 3.05) is 37.0 Å². The van der Waals surface area contributed by atoms with Crippen molar-refractivity contribution in [2.45, 2.75) is 101 Å². The van der Waals surface area contributed by atoms with Crippen LogP contribution < -0.4 is 32.1 Å². The summed E-state index contributed by atoms with van der Waals surface area (Å²) in [5.41, 5.74) is -14.3. The topological polar surface area (TPSA) is 104 Å². The van der Waals surface area contributed by atoms with E-state index in [9.17, 15) is 52.7 Å². The predicted molar refractivity (Wildman–Crippen MR) is 247 cm³/mol. The fourth-order valence-corrected chi connectivity index (χ4v) is 12.6. The second-order valence-electron chi connectivity index (χ2n) is 15.7. The number of hydrogen-bond acceptors (Lipinski definition) is 5. The largest absolute Gasteiger partial charge is 2.00 e. The van der Waals surface area contributed by atoms with Gasteiger partial charge in [0.25, 0.3) is 0 Å². The maximum Gasteiger partial charge on any atom is 2.00 e. The third kappa shape index (κ3) is 19.4. The van der Waals surface area contributed by atoms with E-state index < -0.39 is 156 Å². The molecule has 0 aliphatic carbocycles. The third-order valence-corrected chi connectivity index (χ3v) is 16.4. The fourth-order valence-electron chi connectivity index (χ4n) is 7.44. The van der Waals surface area contributed by atoms with Gasteiger partial charge < -0.3 is 19.8 Å². The summed E-state index contributed by atoms with van der Waals surface area (Å²) in [6, 6.07) is 1.75. The number of nitrogens with zero attached hydrogens (tertiary/aromatic N) is 1. The molecule has 0 unspecified atom stereocenters. The molecule has 0 fully saturated rings. The Balaban J connectivity index is -0.00000139. The number of carbonyl (C=O) groups is 2. The smallest absolute Gasteiger partial charge is 0.550 e. The van der Waals surface area contributed by atoms with E-state index in [1.54, 1.807) is 6.07 Å². The van der Waals surface area contributed by atoms with Gasteiger partial charge in [-0.2, -0.15) is 5.26 Å². The first kappa shape index (κ1) is 76.7. The molecule has 0 radical (unpaired) electrons. The molecule has 0 spiro atoms. The Morgan fingerprint density at radius 2 is 0.442 bits per heavy atom. The van der Waals surface area contributed by atoms with Crippen molar-refractivity contribution in [3.05, 3.63) is 116 Å². The van der Waals surface area contributed by atoms with E-state index in [-0.39, 0.29) is 20.4 Å². The maximum atomic E-state index is 15.4. The van der Waals surface area contributed by atoms with Crippen LogP contribution >= 0.6 is 15.8 Å². The van der Waals surface area contributed by atoms with Gasteiger partial charge in [0.05, 0.1) is 6.07 Å². The van der Waals surface area contributed by atoms with E-state index in [1.165, 1.54) is 82.4 Å². The minimum Gasteiger partial charge on any atom is -0.550 e. The molecule has 0 saturated carbocycles. The van der Waals surface area contributed by atoms with E-state index in [4.69, 9.17) is 25.1 Å². The number of halogens is 20. The Bertz CT molecular complexity index is 2180. The van der Waals surface area contributed by atoms with E-state index in [1.807, 2.05) is 0 Å². The number of carboxylic acid groups (broad SMARTS) is 2. The fraction of sp³-hybridized carbons (Fsp3) is 0.438. The number of carbonyl (C=O) groups excluding carboxylic acids is 2. The van der Waals surface area contributed by atoms with E-state index in [0.29, 0.717) is 15.8 Å². The average Bonchev–Trinajstić information content (AvgIpc) is 3.34. The van der Waals surface area contributed by atoms with Crippen molar-refractivity contribution in [1.82, 2.24) is 0 Å². The van der Waals surface area contributed by atoms with Crippen LogP contribution in [-0.4, -0.2) is 55.1 Å². The molecule has 77 heavy (non-hydrogen) atoms. The van der Waals surface area contributed by atoms with Gasteiger partial charge in [-0.25, -0.2) is 87.8 Å². The van der Waals surface area contributed by atoms with Crippen LogP contribution in [0.1, 0.15) is 101 Å². The van der Waals surface area contributed by atoms with Crippen LogP contribution in [0, 0.1) is 128 Å². The van der Waals surface area contributed by atoms with Crippen molar-refractivity contribution < 1.29 is 128 Å². The second kappa shape index (κ2) is 36.6. The molecule has 0 aliphatic heterocycles. The number of benzene rings is 4. The zero-order valence-corrected chi connectivity index (χ0v) is 45.8. The van der Waals surface area contributed by atoms with Gasteiger partial charge in [-0.15, -0.1) is 37.7 Å². The first-order valence-electron chi connectivity index (χ1n) is 22.6. The monoisotopic (exact) mass is 1260 g/mol. The molecule has 0 amide bonds. The molecule has 0 aromatic heterocycles. The summed E-state index contributed by atoms with van der Waals surface area (Å²) in [5.74, 6) is -73.6. The molecule has 4 rings (SSSR count). The van der Waals surface area contributed by atoms with Gasteiger partial charge in [0.1, 0.15) is 52.7 Å². The van der Waals surface area contributed by atoms with Crippen LogP contribution in [-0.2, 0) is 30.0 Å². The average molecular weight is 1270 g/mol. The molecule has 0 N–H and O–H groups in total. The first-order valence-corrected chi connectivity index (χ1v) is 26.4. The van der Waals surface area contributed by atoms with Gasteiger partial charge in [0.15, 0.2) is 69.8 Å². The Labute approximate surface area is 447 Å². The molecule has 0 atom stereocenters. The molecular weight excluding hydrogens is 1210 g/mol. The summed E-state index contributed by atoms with van der Waals surface area (Å²) >= 11 is 0. The summed E-state index contributed by atoms with van der Waals surface area (Å²) in [6.07, 6.45) is 10.2. The van der Waals surface area contributed by atoms with Gasteiger partial charge in [0, 0.05) is 18.9 Å². The molecule has 4 aromatic rings. The normalized spacial score (nSPS) is 10.6. The molecule has 436 valence electrons. The number of hydrogen-bond donors (Lipinski definition) is 0. The zero-order valence-electron chi connectivity index (χ0n) is 42.4. The predicted octanol–water partition coefficient (Wildman–Crippen LogP) is 11.3. The molecule has 0 heterocycles. The van der Waals surface area contributed by atoms with Crippen LogP contribution in [0.15, 0.2) is 0 Å². The Kier molecular flexibility index (Phi) is 36.5. The summed E-state index contributed by atoms with van der Waals surface area (Å²) in [5, 5.41) is 25.1. The van der Waals surface area contributed by atoms with Gasteiger partial charge >= 0.3 is 20.4 Å². The van der Waals surface area contributed by atoms with Crippen LogP contribution in [0.5, 0.6) is 0 Å². The van der Waals surface area contributed by atoms with Crippen molar-refractivity contribution in [2.24, 2.45) is 0 Å². The number of aliphatic carboxylic acids is 2. The minimum absolute atomic E-state index is 0. The Morgan fingerprint density at radius 3 is 0.532 bits per heavy atom. The molecule has 5 nitrogen and oxygen atoms in total. The van der Waals surface area contributed by atoms with Crippen LogP contribution in [0.25, 0.3) is 0 Å². The Morgan fingerprint density at radius 1 is 0.351 bits per heavy atom. The maximum absolute atomic E-state index is 15.4. The zero-order chi connectivity index (χ0) is 59.9. The standard InChI is InChI=1S/C24BF20.2C9H21P.C2H3N.2C2H4O2.Pd/c26-5-1(6(27)14(35)21(42)13(5)34)25(2-7(28)15(36)22(43)16(37)8(2)29,3-9(30)17(38)23(44)18(39)10(3)31)4-11(32)19(40)24(45)20(41)12(4)33;2*1-4-7-10(8-5-2)9-6-3;1-2-3;2*1-2(3)4;/h;2*4-9H2,1-3H3;1H3;2*1H3,(H,3,4);/q-1;;;;;;+2/p-2. The molecule has 29 heteroatoms. The molecular formula is C48H51BF20NO4P2Pd-. The van der Waals surface area contributed by atoms with Gasteiger partial charge in [-0.3, -0.25) is 0 Å². The summed E-state index contributed by atoms with van der Waals surface area (Å²) in [6.45, 7) is 17.2. The first-order chi connectivity index (χ1) is 35.3. The molecule has 0 aliphatic rings. The van der Waals surface area contributed by atoms with E-state index in [0.717, 1.165) is 13.8 Å². The molecule has 0 saturated heterocycles. The van der Waals surface area contributed by atoms with Gasteiger partial charge in [-0.1, -0.05) is 80.1 Å². The van der Waals surface area contributed by atoms with Gasteiger partial charge in [-0.05, 0) is 50.8 Å². The summed E-state index contributed by atoms with van der Waals surface area (Å²) < 4.78 is 294. The van der Waals surface area contributed by atoms with Crippen LogP contribution in [0.3, 0.4) is 0 Å². The van der Waals surface area contributed by atoms with Crippen LogP contribution in [0.4, 0.5) is 87.8 Å². The number of carboxylic acids is 2. The van der Waals surface area contributed by atoms with E-state index >= 15 is 35.1 Å². The van der Waals surface area contributed by atoms with Crippen molar-refractivity contribution >= 4 is 55.8 Å². The minimum atomic E-state index is -7.22. The molecule has 4 aromatic carbocycles. The van der Waals surface area contributed by atoms with Crippen molar-refractivity contribution in [1.29, 1.82) is 5.26 Å². The van der Waals surface area contributed by atoms with Crippen molar-refractivity contribution in [3.63, 3.8) is 0 Å². The third-order valence-electron chi connectivity index (χ3n) is 9.95. The molecule has 0 bridgehead atoms. The Hall–Kier alpha value is -4.50. The summed E-state index contributed by atoms with van der Waals surface area (Å²) in [7, 11) is 0.878. The van der Waals surface area contributed by atoms with Gasteiger partial charge in [0.2, 0.25) is 0 Å². The van der Waals surface area contributed by atoms with Crippen molar-refractivity contribution in [3.8, 4) is 6.07 Å². The van der Waals surface area contributed by atoms with E-state index in [2.05, 4.69) is 41.5 Å². The number of nitriles is 1. The quantitative estimate of drug-likeness (QED) is 0.0365. The second-order valence-corrected chi connectivity index (χ2v) is 21.1. The summed E-state index contributed by atoms with van der Waals surface area (Å²) in [4.78, 5) is 17.8. The number of rotatable bonds is 16. The SMILES string of the molecule is CC#N.CC(=O)[O-].CC(=O)[O-].CCCP(CCC)CCC.CCCP(CCC)CCC.Fc1c(F)c(F)c([B-](c2c(F)c(F)c(F)c(F)c2F)(c2c(F)c(F)c(F)c(F)c2F)c2c(F)c(F)c(F)c(F)c2F)c(F)c1F.[Pd+2].